The molecule has 1 N–H and O–H groups in total. The summed E-state index contributed by atoms with van der Waals surface area (Å²) in [6, 6.07) is 11.2. The fourth-order valence-electron chi connectivity index (χ4n) is 2.92. The number of carbonyl (C=O) groups is 1. The van der Waals surface area contributed by atoms with Crippen molar-refractivity contribution in [2.75, 3.05) is 26.6 Å². The Hall–Kier alpha value is -4.06. The van der Waals surface area contributed by atoms with Crippen LogP contribution < -0.4 is 14.8 Å². The van der Waals surface area contributed by atoms with Crippen molar-refractivity contribution in [2.24, 2.45) is 0 Å². The average molecular weight is 408 g/mol. The third-order valence-electron chi connectivity index (χ3n) is 4.40. The van der Waals surface area contributed by atoms with Gasteiger partial charge in [-0.1, -0.05) is 5.16 Å². The molecule has 0 bridgehead atoms. The molecule has 0 radical (unpaired) electrons. The fourth-order valence-corrected chi connectivity index (χ4v) is 2.92. The second kappa shape index (κ2) is 8.96. The second-order valence-electron chi connectivity index (χ2n) is 6.22. The number of aryl methyl sites for hydroxylation is 1. The van der Waals surface area contributed by atoms with E-state index in [0.29, 0.717) is 45.6 Å². The summed E-state index contributed by atoms with van der Waals surface area (Å²) in [6.45, 7) is 1.67. The summed E-state index contributed by atoms with van der Waals surface area (Å²) in [4.78, 5) is 17.0. The molecule has 3 rings (SSSR count). The molecule has 0 spiro atoms. The van der Waals surface area contributed by atoms with Crippen LogP contribution in [0.2, 0.25) is 0 Å². The number of nitrogens with zero attached hydrogens (tertiary/aromatic N) is 3. The van der Waals surface area contributed by atoms with Crippen LogP contribution >= 0.6 is 0 Å². The third kappa shape index (κ3) is 4.17. The van der Waals surface area contributed by atoms with Crippen molar-refractivity contribution >= 4 is 11.7 Å². The van der Waals surface area contributed by atoms with Gasteiger partial charge >= 0.3 is 5.97 Å². The van der Waals surface area contributed by atoms with Gasteiger partial charge in [-0.25, -0.2) is 4.79 Å². The van der Waals surface area contributed by atoms with Gasteiger partial charge in [0.1, 0.15) is 0 Å². The molecule has 0 amide bonds. The molecule has 9 nitrogen and oxygen atoms in total. The SMILES string of the molecule is COC(=O)C(Nc1ccc(C#N)cc1)c1cc(OC)c(OC)cc1-c1noc(C)n1. The number of methoxy groups -OCH3 is 3. The summed E-state index contributed by atoms with van der Waals surface area (Å²) in [5.74, 6) is 1.00. The predicted octanol–water partition coefficient (Wildman–Crippen LogP) is 3.26. The largest absolute Gasteiger partial charge is 0.493 e. The zero-order valence-electron chi connectivity index (χ0n) is 16.9. The van der Waals surface area contributed by atoms with Crippen LogP contribution in [0.25, 0.3) is 11.4 Å². The minimum atomic E-state index is -0.920. The lowest BCUT2D eigenvalue weighted by Crippen LogP contribution is -2.23. The highest BCUT2D eigenvalue weighted by molar-refractivity contribution is 5.85. The van der Waals surface area contributed by atoms with Crippen LogP contribution in [0.5, 0.6) is 11.5 Å². The van der Waals surface area contributed by atoms with Crippen LogP contribution in [-0.4, -0.2) is 37.4 Å². The summed E-state index contributed by atoms with van der Waals surface area (Å²) in [5.41, 5.74) is 2.14. The van der Waals surface area contributed by atoms with E-state index >= 15 is 0 Å². The summed E-state index contributed by atoms with van der Waals surface area (Å²) in [5, 5.41) is 16.1. The number of benzene rings is 2. The first-order valence-corrected chi connectivity index (χ1v) is 8.91. The molecule has 154 valence electrons. The van der Waals surface area contributed by atoms with Crippen LogP contribution in [0, 0.1) is 18.3 Å². The van der Waals surface area contributed by atoms with E-state index in [1.807, 2.05) is 0 Å². The van der Waals surface area contributed by atoms with Crippen molar-refractivity contribution in [2.45, 2.75) is 13.0 Å². The summed E-state index contributed by atoms with van der Waals surface area (Å²) >= 11 is 0. The van der Waals surface area contributed by atoms with Gasteiger partial charge in [0.15, 0.2) is 17.5 Å². The van der Waals surface area contributed by atoms with Crippen molar-refractivity contribution in [3.8, 4) is 29.0 Å². The van der Waals surface area contributed by atoms with Gasteiger partial charge in [-0.2, -0.15) is 10.2 Å². The Morgan fingerprint density at radius 2 is 1.80 bits per heavy atom. The lowest BCUT2D eigenvalue weighted by Gasteiger charge is -2.22. The van der Waals surface area contributed by atoms with Crippen molar-refractivity contribution in [3.63, 3.8) is 0 Å². The highest BCUT2D eigenvalue weighted by atomic mass is 16.5. The summed E-state index contributed by atoms with van der Waals surface area (Å²) in [6.07, 6.45) is 0. The Kier molecular flexibility index (Phi) is 6.17. The standard InChI is InChI=1S/C21H20N4O5/c1-12-23-20(25-30-12)16-10-18(28-3)17(27-2)9-15(16)19(21(26)29-4)24-14-7-5-13(11-22)6-8-14/h5-10,19,24H,1-4H3. The second-order valence-corrected chi connectivity index (χ2v) is 6.22. The Morgan fingerprint density at radius 3 is 2.33 bits per heavy atom. The maximum absolute atomic E-state index is 12.7. The summed E-state index contributed by atoms with van der Waals surface area (Å²) in [7, 11) is 4.31. The fraction of sp³-hybridized carbons (Fsp3) is 0.238. The van der Waals surface area contributed by atoms with Crippen LogP contribution in [0.3, 0.4) is 0 Å². The molecule has 0 aliphatic heterocycles. The van der Waals surface area contributed by atoms with Crippen LogP contribution in [0.4, 0.5) is 5.69 Å². The summed E-state index contributed by atoms with van der Waals surface area (Å²) < 4.78 is 20.9. The van der Waals surface area contributed by atoms with Gasteiger partial charge < -0.3 is 24.1 Å². The van der Waals surface area contributed by atoms with E-state index in [1.54, 1.807) is 43.3 Å². The molecule has 30 heavy (non-hydrogen) atoms. The number of aromatic nitrogens is 2. The molecule has 1 unspecified atom stereocenters. The topological polar surface area (TPSA) is 120 Å². The number of esters is 1. The molecular weight excluding hydrogens is 388 g/mol. The van der Waals surface area contributed by atoms with E-state index < -0.39 is 12.0 Å². The van der Waals surface area contributed by atoms with E-state index in [9.17, 15) is 4.79 Å². The molecular formula is C21H20N4O5. The molecule has 0 fully saturated rings. The molecule has 0 saturated heterocycles. The van der Waals surface area contributed by atoms with Crippen molar-refractivity contribution in [3.05, 3.63) is 53.4 Å². The molecule has 9 heteroatoms. The molecule has 0 aliphatic carbocycles. The van der Waals surface area contributed by atoms with Gasteiger partial charge in [-0.05, 0) is 36.4 Å². The lowest BCUT2D eigenvalue weighted by molar-refractivity contribution is -0.141. The van der Waals surface area contributed by atoms with Crippen LogP contribution in [0.1, 0.15) is 23.1 Å². The van der Waals surface area contributed by atoms with Crippen LogP contribution in [-0.2, 0) is 9.53 Å². The maximum Gasteiger partial charge on any atom is 0.333 e. The van der Waals surface area contributed by atoms with Crippen LogP contribution in [0.15, 0.2) is 40.9 Å². The smallest absolute Gasteiger partial charge is 0.333 e. The molecule has 0 saturated carbocycles. The quantitative estimate of drug-likeness (QED) is 0.587. The Bertz CT molecular complexity index is 1090. The highest BCUT2D eigenvalue weighted by Crippen LogP contribution is 2.39. The molecule has 0 aliphatic rings. The van der Waals surface area contributed by atoms with Crippen molar-refractivity contribution in [1.29, 1.82) is 5.26 Å². The first-order chi connectivity index (χ1) is 14.5. The number of nitrogens with one attached hydrogen (secondary N) is 1. The minimum Gasteiger partial charge on any atom is -0.493 e. The number of hydrogen-bond donors (Lipinski definition) is 1. The molecule has 3 aromatic rings. The molecule has 1 aromatic heterocycles. The third-order valence-corrected chi connectivity index (χ3v) is 4.40. The number of hydrogen-bond acceptors (Lipinski definition) is 9. The zero-order chi connectivity index (χ0) is 21.7. The first kappa shape index (κ1) is 20.7. The van der Waals surface area contributed by atoms with Crippen molar-refractivity contribution in [1.82, 2.24) is 10.1 Å². The van der Waals surface area contributed by atoms with E-state index in [-0.39, 0.29) is 0 Å². The Morgan fingerprint density at radius 1 is 1.13 bits per heavy atom. The number of anilines is 1. The van der Waals surface area contributed by atoms with Gasteiger partial charge in [-0.3, -0.25) is 0 Å². The maximum atomic E-state index is 12.7. The monoisotopic (exact) mass is 408 g/mol. The van der Waals surface area contributed by atoms with Gasteiger partial charge in [-0.15, -0.1) is 0 Å². The number of ether oxygens (including phenoxy) is 3. The molecule has 1 heterocycles. The normalized spacial score (nSPS) is 11.3. The van der Waals surface area contributed by atoms with Crippen molar-refractivity contribution < 1.29 is 23.5 Å². The van der Waals surface area contributed by atoms with Gasteiger partial charge in [0, 0.05) is 23.7 Å². The highest BCUT2D eigenvalue weighted by Gasteiger charge is 2.28. The Labute approximate surface area is 173 Å². The first-order valence-electron chi connectivity index (χ1n) is 8.91. The molecule has 2 aromatic carbocycles. The lowest BCUT2D eigenvalue weighted by atomic mass is 9.98. The van der Waals surface area contributed by atoms with E-state index in [1.165, 1.54) is 21.3 Å². The van der Waals surface area contributed by atoms with Gasteiger partial charge in [0.25, 0.3) is 0 Å². The predicted molar refractivity (Wildman–Crippen MR) is 107 cm³/mol. The van der Waals surface area contributed by atoms with Gasteiger partial charge in [0.05, 0.1) is 33.0 Å². The zero-order valence-corrected chi connectivity index (χ0v) is 16.9. The van der Waals surface area contributed by atoms with E-state index in [0.717, 1.165) is 0 Å². The number of carbonyl (C=O) groups excluding carboxylic acids is 1. The number of nitriles is 1. The van der Waals surface area contributed by atoms with E-state index in [4.69, 9.17) is 24.0 Å². The van der Waals surface area contributed by atoms with Gasteiger partial charge in [0.2, 0.25) is 11.7 Å². The van der Waals surface area contributed by atoms with E-state index in [2.05, 4.69) is 21.5 Å². The number of rotatable bonds is 7. The Balaban J connectivity index is 2.15. The molecule has 1 atom stereocenters. The minimum absolute atomic E-state index is 0.291. The average Bonchev–Trinajstić information content (AvgIpc) is 3.22.